The lowest BCUT2D eigenvalue weighted by Gasteiger charge is -2.21. The number of ether oxygens (including phenoxy) is 2. The van der Waals surface area contributed by atoms with Gasteiger partial charge in [0.15, 0.2) is 6.61 Å². The Morgan fingerprint density at radius 2 is 1.77 bits per heavy atom. The molecule has 0 fully saturated rings. The molecule has 0 radical (unpaired) electrons. The average Bonchev–Trinajstić information content (AvgIpc) is 2.81. The summed E-state index contributed by atoms with van der Waals surface area (Å²) in [4.78, 5) is 32.0. The van der Waals surface area contributed by atoms with Gasteiger partial charge in [0, 0.05) is 30.2 Å². The molecule has 0 spiro atoms. The van der Waals surface area contributed by atoms with Gasteiger partial charge in [-0.3, -0.25) is 9.78 Å². The zero-order chi connectivity index (χ0) is 21.8. The number of pyridine rings is 1. The minimum Gasteiger partial charge on any atom is -0.496 e. The number of fused-ring (bicyclic) bond motifs is 2. The van der Waals surface area contributed by atoms with Crippen LogP contribution in [-0.4, -0.2) is 42.5 Å². The van der Waals surface area contributed by atoms with E-state index >= 15 is 0 Å². The zero-order valence-electron chi connectivity index (χ0n) is 17.9. The van der Waals surface area contributed by atoms with Gasteiger partial charge in [-0.1, -0.05) is 36.4 Å². The second kappa shape index (κ2) is 9.16. The second-order valence-electron chi connectivity index (χ2n) is 7.77. The molecule has 160 valence electrons. The Labute approximate surface area is 181 Å². The zero-order valence-corrected chi connectivity index (χ0v) is 17.9. The number of benzene rings is 2. The highest BCUT2D eigenvalue weighted by atomic mass is 16.5. The lowest BCUT2D eigenvalue weighted by Crippen LogP contribution is -2.31. The SMILES string of the molecule is COc1ccccc1CN(C)C(=O)COC(=O)c1c2c(nc3ccccc13)CCCC2. The van der Waals surface area contributed by atoms with Gasteiger partial charge in [-0.15, -0.1) is 0 Å². The van der Waals surface area contributed by atoms with Crippen molar-refractivity contribution in [1.82, 2.24) is 9.88 Å². The summed E-state index contributed by atoms with van der Waals surface area (Å²) in [5.41, 5.74) is 4.16. The standard InChI is InChI=1S/C25H26N2O4/c1-27(15-17-9-3-8-14-22(17)30-2)23(28)16-31-25(29)24-18-10-4-6-12-20(18)26-21-13-7-5-11-19(21)24/h3-4,6,8-10,12,14H,5,7,11,13,15-16H2,1-2H3. The molecule has 0 bridgehead atoms. The molecular weight excluding hydrogens is 392 g/mol. The first-order valence-corrected chi connectivity index (χ1v) is 10.5. The summed E-state index contributed by atoms with van der Waals surface area (Å²) in [6, 6.07) is 15.1. The molecule has 0 aliphatic heterocycles. The highest BCUT2D eigenvalue weighted by Crippen LogP contribution is 2.29. The third-order valence-electron chi connectivity index (χ3n) is 5.73. The van der Waals surface area contributed by atoms with E-state index in [1.54, 1.807) is 14.2 Å². The van der Waals surface area contributed by atoms with Crippen molar-refractivity contribution in [3.05, 3.63) is 70.9 Å². The molecule has 6 heteroatoms. The number of para-hydroxylation sites is 2. The number of carbonyl (C=O) groups is 2. The highest BCUT2D eigenvalue weighted by molar-refractivity contribution is 6.05. The van der Waals surface area contributed by atoms with Gasteiger partial charge in [0.1, 0.15) is 5.75 Å². The molecule has 6 nitrogen and oxygen atoms in total. The summed E-state index contributed by atoms with van der Waals surface area (Å²) < 4.78 is 10.8. The summed E-state index contributed by atoms with van der Waals surface area (Å²) in [7, 11) is 3.29. The monoisotopic (exact) mass is 418 g/mol. The van der Waals surface area contributed by atoms with Gasteiger partial charge in [0.05, 0.1) is 18.2 Å². The van der Waals surface area contributed by atoms with Crippen molar-refractivity contribution in [2.45, 2.75) is 32.2 Å². The lowest BCUT2D eigenvalue weighted by molar-refractivity contribution is -0.133. The van der Waals surface area contributed by atoms with Gasteiger partial charge in [0.25, 0.3) is 5.91 Å². The quantitative estimate of drug-likeness (QED) is 0.567. The number of nitrogens with zero attached hydrogens (tertiary/aromatic N) is 2. The predicted molar refractivity (Wildman–Crippen MR) is 118 cm³/mol. The lowest BCUT2D eigenvalue weighted by atomic mass is 9.90. The smallest absolute Gasteiger partial charge is 0.339 e. The minimum atomic E-state index is -0.462. The van der Waals surface area contributed by atoms with Crippen molar-refractivity contribution in [2.24, 2.45) is 0 Å². The van der Waals surface area contributed by atoms with Crippen molar-refractivity contribution in [3.8, 4) is 5.75 Å². The van der Waals surface area contributed by atoms with E-state index in [-0.39, 0.29) is 12.5 Å². The Hall–Kier alpha value is -3.41. The maximum absolute atomic E-state index is 13.1. The van der Waals surface area contributed by atoms with Gasteiger partial charge in [0.2, 0.25) is 0 Å². The van der Waals surface area contributed by atoms with Crippen LogP contribution in [0.2, 0.25) is 0 Å². The molecule has 0 saturated carbocycles. The van der Waals surface area contributed by atoms with Crippen LogP contribution < -0.4 is 4.74 Å². The number of hydrogen-bond donors (Lipinski definition) is 0. The Balaban J connectivity index is 1.50. The number of likely N-dealkylation sites (N-methyl/N-ethyl adjacent to an activating group) is 1. The normalized spacial score (nSPS) is 12.8. The van der Waals surface area contributed by atoms with Crippen LogP contribution in [0.15, 0.2) is 48.5 Å². The summed E-state index contributed by atoms with van der Waals surface area (Å²) in [6.07, 6.45) is 3.76. The fourth-order valence-electron chi connectivity index (χ4n) is 4.09. The van der Waals surface area contributed by atoms with Gasteiger partial charge < -0.3 is 14.4 Å². The van der Waals surface area contributed by atoms with Crippen molar-refractivity contribution < 1.29 is 19.1 Å². The number of aryl methyl sites for hydroxylation is 1. The van der Waals surface area contributed by atoms with Gasteiger partial charge in [-0.05, 0) is 43.4 Å². The topological polar surface area (TPSA) is 68.7 Å². The molecule has 0 unspecified atom stereocenters. The third kappa shape index (κ3) is 4.38. The van der Waals surface area contributed by atoms with E-state index in [4.69, 9.17) is 14.5 Å². The molecule has 31 heavy (non-hydrogen) atoms. The molecule has 0 N–H and O–H groups in total. The first-order valence-electron chi connectivity index (χ1n) is 10.5. The summed E-state index contributed by atoms with van der Waals surface area (Å²) >= 11 is 0. The largest absolute Gasteiger partial charge is 0.496 e. The van der Waals surface area contributed by atoms with E-state index in [2.05, 4.69) is 0 Å². The van der Waals surface area contributed by atoms with Crippen LogP contribution in [0.1, 0.15) is 40.0 Å². The highest BCUT2D eigenvalue weighted by Gasteiger charge is 2.24. The van der Waals surface area contributed by atoms with Crippen molar-refractivity contribution in [1.29, 1.82) is 0 Å². The van der Waals surface area contributed by atoms with E-state index in [0.717, 1.165) is 53.4 Å². The van der Waals surface area contributed by atoms with E-state index < -0.39 is 5.97 Å². The Morgan fingerprint density at radius 3 is 2.61 bits per heavy atom. The van der Waals surface area contributed by atoms with Crippen LogP contribution in [-0.2, 0) is 28.9 Å². The molecule has 1 amide bonds. The molecule has 1 heterocycles. The molecule has 4 rings (SSSR count). The third-order valence-corrected chi connectivity index (χ3v) is 5.73. The number of esters is 1. The maximum atomic E-state index is 13.1. The van der Waals surface area contributed by atoms with Crippen LogP contribution in [0.3, 0.4) is 0 Å². The summed E-state index contributed by atoms with van der Waals surface area (Å²) in [5, 5.41) is 0.781. The Bertz CT molecular complexity index is 1130. The first kappa shape index (κ1) is 20.8. The van der Waals surface area contributed by atoms with E-state index in [9.17, 15) is 9.59 Å². The van der Waals surface area contributed by atoms with Crippen molar-refractivity contribution in [2.75, 3.05) is 20.8 Å². The Morgan fingerprint density at radius 1 is 1.03 bits per heavy atom. The minimum absolute atomic E-state index is 0.272. The van der Waals surface area contributed by atoms with E-state index in [0.29, 0.717) is 17.9 Å². The van der Waals surface area contributed by atoms with E-state index in [1.165, 1.54) is 4.90 Å². The molecule has 1 aliphatic rings. The molecule has 0 saturated heterocycles. The maximum Gasteiger partial charge on any atom is 0.339 e. The van der Waals surface area contributed by atoms with Gasteiger partial charge in [-0.25, -0.2) is 4.79 Å². The molecule has 1 aliphatic carbocycles. The van der Waals surface area contributed by atoms with Crippen LogP contribution in [0.4, 0.5) is 0 Å². The number of carbonyl (C=O) groups excluding carboxylic acids is 2. The fourth-order valence-corrected chi connectivity index (χ4v) is 4.09. The fraction of sp³-hybridized carbons (Fsp3) is 0.320. The average molecular weight is 418 g/mol. The van der Waals surface area contributed by atoms with Crippen LogP contribution >= 0.6 is 0 Å². The molecule has 1 aromatic heterocycles. The van der Waals surface area contributed by atoms with Crippen LogP contribution in [0.5, 0.6) is 5.75 Å². The van der Waals surface area contributed by atoms with Crippen LogP contribution in [0, 0.1) is 0 Å². The van der Waals surface area contributed by atoms with Crippen molar-refractivity contribution in [3.63, 3.8) is 0 Å². The summed E-state index contributed by atoms with van der Waals surface area (Å²) in [5.74, 6) is -0.0173. The second-order valence-corrected chi connectivity index (χ2v) is 7.77. The van der Waals surface area contributed by atoms with E-state index in [1.807, 2.05) is 48.5 Å². The molecular formula is C25H26N2O4. The summed E-state index contributed by atoms with van der Waals surface area (Å²) in [6.45, 7) is 0.0594. The number of rotatable bonds is 6. The predicted octanol–water partition coefficient (Wildman–Crippen LogP) is 3.94. The molecule has 3 aromatic rings. The number of methoxy groups -OCH3 is 1. The molecule has 0 atom stereocenters. The van der Waals surface area contributed by atoms with Gasteiger partial charge in [-0.2, -0.15) is 0 Å². The Kier molecular flexibility index (Phi) is 6.16. The van der Waals surface area contributed by atoms with Gasteiger partial charge >= 0.3 is 5.97 Å². The van der Waals surface area contributed by atoms with Crippen LogP contribution in [0.25, 0.3) is 10.9 Å². The molecule has 2 aromatic carbocycles. The van der Waals surface area contributed by atoms with Crippen molar-refractivity contribution >= 4 is 22.8 Å². The number of hydrogen-bond acceptors (Lipinski definition) is 5. The number of amides is 1. The number of aromatic nitrogens is 1. The first-order chi connectivity index (χ1) is 15.1.